The maximum absolute atomic E-state index is 10.7. The SMILES string of the molecule is CC(c1cccs1)N(C)c1ccc(Br)cc1/C=C/C(=O)O. The van der Waals surface area contributed by atoms with E-state index in [0.717, 1.165) is 21.8 Å². The summed E-state index contributed by atoms with van der Waals surface area (Å²) < 4.78 is 0.925. The van der Waals surface area contributed by atoms with Gasteiger partial charge in [-0.05, 0) is 48.2 Å². The summed E-state index contributed by atoms with van der Waals surface area (Å²) in [5, 5.41) is 10.9. The molecule has 1 heterocycles. The highest BCUT2D eigenvalue weighted by atomic mass is 79.9. The van der Waals surface area contributed by atoms with Crippen LogP contribution < -0.4 is 4.90 Å². The zero-order chi connectivity index (χ0) is 15.4. The van der Waals surface area contributed by atoms with Crippen LogP contribution in [0, 0.1) is 0 Å². The molecule has 0 aliphatic carbocycles. The minimum Gasteiger partial charge on any atom is -0.478 e. The van der Waals surface area contributed by atoms with E-state index in [-0.39, 0.29) is 6.04 Å². The van der Waals surface area contributed by atoms with Crippen LogP contribution in [0.3, 0.4) is 0 Å². The van der Waals surface area contributed by atoms with E-state index in [9.17, 15) is 4.79 Å². The smallest absolute Gasteiger partial charge is 0.328 e. The summed E-state index contributed by atoms with van der Waals surface area (Å²) in [6, 6.07) is 10.3. The molecule has 0 amide bonds. The molecule has 0 spiro atoms. The number of hydrogen-bond acceptors (Lipinski definition) is 3. The third-order valence-corrected chi connectivity index (χ3v) is 4.85. The van der Waals surface area contributed by atoms with E-state index in [1.807, 2.05) is 31.3 Å². The van der Waals surface area contributed by atoms with Gasteiger partial charge < -0.3 is 10.0 Å². The van der Waals surface area contributed by atoms with Gasteiger partial charge >= 0.3 is 5.97 Å². The van der Waals surface area contributed by atoms with Gasteiger partial charge in [-0.15, -0.1) is 11.3 Å². The first kappa shape index (κ1) is 15.8. The quantitative estimate of drug-likeness (QED) is 0.773. The molecule has 0 radical (unpaired) electrons. The van der Waals surface area contributed by atoms with Crippen LogP contribution in [0.25, 0.3) is 6.08 Å². The average molecular weight is 366 g/mol. The number of benzene rings is 1. The highest BCUT2D eigenvalue weighted by molar-refractivity contribution is 9.10. The molecule has 2 rings (SSSR count). The predicted molar refractivity (Wildman–Crippen MR) is 91.9 cm³/mol. The molecule has 1 atom stereocenters. The Balaban J connectivity index is 2.36. The van der Waals surface area contributed by atoms with Crippen LogP contribution in [0.2, 0.25) is 0 Å². The fraction of sp³-hybridized carbons (Fsp3) is 0.188. The molecule has 1 N–H and O–H groups in total. The van der Waals surface area contributed by atoms with Crippen molar-refractivity contribution >= 4 is 45.0 Å². The molecule has 1 aromatic carbocycles. The fourth-order valence-electron chi connectivity index (χ4n) is 2.07. The molecule has 1 aromatic heterocycles. The number of halogens is 1. The van der Waals surface area contributed by atoms with Gasteiger partial charge in [0.2, 0.25) is 0 Å². The van der Waals surface area contributed by atoms with Crippen molar-refractivity contribution in [3.05, 3.63) is 56.7 Å². The Morgan fingerprint density at radius 2 is 2.19 bits per heavy atom. The summed E-state index contributed by atoms with van der Waals surface area (Å²) >= 11 is 5.15. The van der Waals surface area contributed by atoms with Gasteiger partial charge in [0.05, 0.1) is 6.04 Å². The van der Waals surface area contributed by atoms with Crippen molar-refractivity contribution in [1.29, 1.82) is 0 Å². The molecule has 0 saturated carbocycles. The molecule has 0 aliphatic heterocycles. The van der Waals surface area contributed by atoms with Crippen molar-refractivity contribution in [1.82, 2.24) is 0 Å². The second kappa shape index (κ2) is 6.91. The standard InChI is InChI=1S/C16H16BrNO2S/c1-11(15-4-3-9-21-15)18(2)14-7-6-13(17)10-12(14)5-8-16(19)20/h3-11H,1-2H3,(H,19,20)/b8-5+. The molecule has 0 saturated heterocycles. The summed E-state index contributed by atoms with van der Waals surface area (Å²) in [6.45, 7) is 2.14. The first-order chi connectivity index (χ1) is 9.99. The van der Waals surface area contributed by atoms with Gasteiger partial charge in [-0.3, -0.25) is 0 Å². The zero-order valence-electron chi connectivity index (χ0n) is 11.8. The second-order valence-electron chi connectivity index (χ2n) is 4.68. The average Bonchev–Trinajstić information content (AvgIpc) is 2.97. The molecular formula is C16H16BrNO2S. The lowest BCUT2D eigenvalue weighted by Crippen LogP contribution is -2.21. The minimum absolute atomic E-state index is 0.225. The number of rotatable bonds is 5. The van der Waals surface area contributed by atoms with E-state index >= 15 is 0 Å². The Hall–Kier alpha value is -1.59. The highest BCUT2D eigenvalue weighted by Gasteiger charge is 2.15. The van der Waals surface area contributed by atoms with Crippen LogP contribution in [0.15, 0.2) is 46.3 Å². The molecule has 110 valence electrons. The lowest BCUT2D eigenvalue weighted by atomic mass is 10.1. The first-order valence-electron chi connectivity index (χ1n) is 6.46. The van der Waals surface area contributed by atoms with Crippen LogP contribution in [-0.2, 0) is 4.79 Å². The van der Waals surface area contributed by atoms with E-state index in [1.54, 1.807) is 17.4 Å². The summed E-state index contributed by atoms with van der Waals surface area (Å²) in [5.41, 5.74) is 1.87. The molecule has 3 nitrogen and oxygen atoms in total. The van der Waals surface area contributed by atoms with Gasteiger partial charge in [-0.2, -0.15) is 0 Å². The number of nitrogens with zero attached hydrogens (tertiary/aromatic N) is 1. The van der Waals surface area contributed by atoms with Crippen LogP contribution >= 0.6 is 27.3 Å². The molecule has 0 aliphatic rings. The van der Waals surface area contributed by atoms with E-state index in [0.29, 0.717) is 0 Å². The van der Waals surface area contributed by atoms with Crippen LogP contribution in [0.1, 0.15) is 23.4 Å². The maximum atomic E-state index is 10.7. The molecule has 21 heavy (non-hydrogen) atoms. The molecule has 5 heteroatoms. The molecule has 0 bridgehead atoms. The van der Waals surface area contributed by atoms with Crippen molar-refractivity contribution in [3.63, 3.8) is 0 Å². The van der Waals surface area contributed by atoms with Gasteiger partial charge in [0.25, 0.3) is 0 Å². The lowest BCUT2D eigenvalue weighted by Gasteiger charge is -2.28. The maximum Gasteiger partial charge on any atom is 0.328 e. The van der Waals surface area contributed by atoms with Gasteiger partial charge in [0.1, 0.15) is 0 Å². The zero-order valence-corrected chi connectivity index (χ0v) is 14.2. The Bertz CT molecular complexity index is 652. The van der Waals surface area contributed by atoms with E-state index < -0.39 is 5.97 Å². The molecular weight excluding hydrogens is 350 g/mol. The van der Waals surface area contributed by atoms with Crippen LogP contribution in [0.4, 0.5) is 5.69 Å². The summed E-state index contributed by atoms with van der Waals surface area (Å²) in [5.74, 6) is -0.949. The fourth-order valence-corrected chi connectivity index (χ4v) is 3.27. The summed E-state index contributed by atoms with van der Waals surface area (Å²) in [7, 11) is 2.02. The van der Waals surface area contributed by atoms with Gasteiger partial charge in [0, 0.05) is 28.2 Å². The van der Waals surface area contributed by atoms with Crippen molar-refractivity contribution in [2.75, 3.05) is 11.9 Å². The third kappa shape index (κ3) is 3.95. The normalized spacial score (nSPS) is 12.5. The minimum atomic E-state index is -0.949. The topological polar surface area (TPSA) is 40.5 Å². The number of carboxylic acid groups (broad SMARTS) is 1. The van der Waals surface area contributed by atoms with Gasteiger partial charge in [-0.1, -0.05) is 22.0 Å². The van der Waals surface area contributed by atoms with Crippen molar-refractivity contribution < 1.29 is 9.90 Å². The summed E-state index contributed by atoms with van der Waals surface area (Å²) in [4.78, 5) is 14.2. The number of aliphatic carboxylic acids is 1. The Labute approximate surface area is 136 Å². The number of thiophene rings is 1. The van der Waals surface area contributed by atoms with E-state index in [2.05, 4.69) is 39.2 Å². The van der Waals surface area contributed by atoms with Crippen LogP contribution in [-0.4, -0.2) is 18.1 Å². The summed E-state index contributed by atoms with van der Waals surface area (Å²) in [6.07, 6.45) is 2.79. The van der Waals surface area contributed by atoms with Crippen molar-refractivity contribution in [3.8, 4) is 0 Å². The Kier molecular flexibility index (Phi) is 5.20. The Morgan fingerprint density at radius 3 is 2.81 bits per heavy atom. The van der Waals surface area contributed by atoms with Crippen molar-refractivity contribution in [2.45, 2.75) is 13.0 Å². The predicted octanol–water partition coefficient (Wildman–Crippen LogP) is 4.81. The third-order valence-electron chi connectivity index (χ3n) is 3.31. The monoisotopic (exact) mass is 365 g/mol. The van der Waals surface area contributed by atoms with Gasteiger partial charge in [0.15, 0.2) is 0 Å². The van der Waals surface area contributed by atoms with E-state index in [4.69, 9.17) is 5.11 Å². The second-order valence-corrected chi connectivity index (χ2v) is 6.57. The largest absolute Gasteiger partial charge is 0.478 e. The number of anilines is 1. The number of carboxylic acids is 1. The van der Waals surface area contributed by atoms with Crippen molar-refractivity contribution in [2.24, 2.45) is 0 Å². The number of hydrogen-bond donors (Lipinski definition) is 1. The van der Waals surface area contributed by atoms with E-state index in [1.165, 1.54) is 4.88 Å². The Morgan fingerprint density at radius 1 is 1.43 bits per heavy atom. The molecule has 0 fully saturated rings. The van der Waals surface area contributed by atoms with Crippen LogP contribution in [0.5, 0.6) is 0 Å². The molecule has 1 unspecified atom stereocenters. The highest BCUT2D eigenvalue weighted by Crippen LogP contribution is 2.32. The number of carbonyl (C=O) groups is 1. The first-order valence-corrected chi connectivity index (χ1v) is 8.13. The lowest BCUT2D eigenvalue weighted by molar-refractivity contribution is -0.131. The molecule has 2 aromatic rings. The van der Waals surface area contributed by atoms with Gasteiger partial charge in [-0.25, -0.2) is 4.79 Å².